The zero-order valence-corrected chi connectivity index (χ0v) is 16.2. The van der Waals surface area contributed by atoms with Gasteiger partial charge in [0.2, 0.25) is 10.0 Å². The van der Waals surface area contributed by atoms with E-state index in [2.05, 4.69) is 0 Å². The summed E-state index contributed by atoms with van der Waals surface area (Å²) >= 11 is 0. The third kappa shape index (κ3) is 4.34. The standard InChI is InChI=1S/C19H25NO5S/c1-4-13-20(14-19(21)25-6-3)26(22,23)18-12-11-17(24-5-2)15-9-7-8-10-16(15)18/h7-12H,4-6,13-14H2,1-3H3. The normalized spacial score (nSPS) is 11.7. The Morgan fingerprint density at radius 3 is 2.31 bits per heavy atom. The van der Waals surface area contributed by atoms with E-state index in [0.717, 1.165) is 5.39 Å². The first-order valence-corrected chi connectivity index (χ1v) is 10.2. The minimum atomic E-state index is -3.86. The summed E-state index contributed by atoms with van der Waals surface area (Å²) in [6, 6.07) is 10.4. The molecule has 0 amide bonds. The van der Waals surface area contributed by atoms with Gasteiger partial charge < -0.3 is 9.47 Å². The van der Waals surface area contributed by atoms with Gasteiger partial charge in [0.05, 0.1) is 18.1 Å². The minimum Gasteiger partial charge on any atom is -0.493 e. The molecule has 7 heteroatoms. The van der Waals surface area contributed by atoms with Gasteiger partial charge in [0.1, 0.15) is 12.3 Å². The molecule has 0 fully saturated rings. The van der Waals surface area contributed by atoms with Crippen LogP contribution in [0.5, 0.6) is 5.75 Å². The molecule has 0 bridgehead atoms. The molecule has 6 nitrogen and oxygen atoms in total. The van der Waals surface area contributed by atoms with Crippen LogP contribution >= 0.6 is 0 Å². The fourth-order valence-corrected chi connectivity index (χ4v) is 4.45. The highest BCUT2D eigenvalue weighted by Gasteiger charge is 2.28. The van der Waals surface area contributed by atoms with E-state index in [1.165, 1.54) is 10.4 Å². The van der Waals surface area contributed by atoms with Crippen LogP contribution in [0.2, 0.25) is 0 Å². The van der Waals surface area contributed by atoms with E-state index in [0.29, 0.717) is 24.2 Å². The summed E-state index contributed by atoms with van der Waals surface area (Å²) in [5, 5.41) is 1.30. The van der Waals surface area contributed by atoms with E-state index in [1.807, 2.05) is 26.0 Å². The lowest BCUT2D eigenvalue weighted by molar-refractivity contribution is -0.143. The fourth-order valence-electron chi connectivity index (χ4n) is 2.77. The fraction of sp³-hybridized carbons (Fsp3) is 0.421. The maximum Gasteiger partial charge on any atom is 0.321 e. The predicted octanol–water partition coefficient (Wildman–Crippen LogP) is 3.20. The van der Waals surface area contributed by atoms with Gasteiger partial charge in [-0.1, -0.05) is 31.2 Å². The Labute approximate surface area is 154 Å². The van der Waals surface area contributed by atoms with Crippen molar-refractivity contribution in [1.29, 1.82) is 0 Å². The number of esters is 1. The maximum absolute atomic E-state index is 13.2. The molecular formula is C19H25NO5S. The van der Waals surface area contributed by atoms with Crippen LogP contribution in [0.1, 0.15) is 27.2 Å². The zero-order chi connectivity index (χ0) is 19.2. The first-order valence-electron chi connectivity index (χ1n) is 8.76. The lowest BCUT2D eigenvalue weighted by Crippen LogP contribution is -2.37. The second-order valence-corrected chi connectivity index (χ2v) is 7.59. The molecule has 0 saturated carbocycles. The second-order valence-electron chi connectivity index (χ2n) is 5.68. The summed E-state index contributed by atoms with van der Waals surface area (Å²) in [5.41, 5.74) is 0. The van der Waals surface area contributed by atoms with Crippen LogP contribution in [0.4, 0.5) is 0 Å². The summed E-state index contributed by atoms with van der Waals surface area (Å²) < 4.78 is 38.2. The average molecular weight is 379 g/mol. The number of benzene rings is 2. The van der Waals surface area contributed by atoms with Gasteiger partial charge in [0, 0.05) is 17.3 Å². The topological polar surface area (TPSA) is 72.9 Å². The molecule has 0 radical (unpaired) electrons. The first kappa shape index (κ1) is 20.2. The minimum absolute atomic E-state index is 0.161. The Morgan fingerprint density at radius 1 is 1.00 bits per heavy atom. The molecule has 0 aliphatic carbocycles. The van der Waals surface area contributed by atoms with Crippen LogP contribution in [0.3, 0.4) is 0 Å². The lowest BCUT2D eigenvalue weighted by atomic mass is 10.1. The molecule has 26 heavy (non-hydrogen) atoms. The van der Waals surface area contributed by atoms with Gasteiger partial charge in [-0.15, -0.1) is 0 Å². The van der Waals surface area contributed by atoms with Crippen molar-refractivity contribution in [2.24, 2.45) is 0 Å². The van der Waals surface area contributed by atoms with E-state index in [-0.39, 0.29) is 24.6 Å². The van der Waals surface area contributed by atoms with Crippen molar-refractivity contribution in [3.63, 3.8) is 0 Å². The maximum atomic E-state index is 13.2. The summed E-state index contributed by atoms with van der Waals surface area (Å²) in [6.07, 6.45) is 0.591. The Kier molecular flexibility index (Phi) is 6.99. The van der Waals surface area contributed by atoms with Gasteiger partial charge >= 0.3 is 5.97 Å². The Bertz CT molecular complexity index is 863. The first-order chi connectivity index (χ1) is 12.5. The van der Waals surface area contributed by atoms with Crippen molar-refractivity contribution in [3.05, 3.63) is 36.4 Å². The van der Waals surface area contributed by atoms with Gasteiger partial charge in [-0.2, -0.15) is 4.31 Å². The monoisotopic (exact) mass is 379 g/mol. The van der Waals surface area contributed by atoms with Crippen LogP contribution < -0.4 is 4.74 Å². The van der Waals surface area contributed by atoms with Gasteiger partial charge in [-0.3, -0.25) is 4.79 Å². The molecule has 0 heterocycles. The van der Waals surface area contributed by atoms with E-state index in [9.17, 15) is 13.2 Å². The molecule has 0 aromatic heterocycles. The van der Waals surface area contributed by atoms with Crippen LogP contribution in [0, 0.1) is 0 Å². The van der Waals surface area contributed by atoms with Gasteiger partial charge in [-0.05, 0) is 32.4 Å². The number of carbonyl (C=O) groups excluding carboxylic acids is 1. The molecule has 0 atom stereocenters. The Balaban J connectivity index is 2.53. The number of hydrogen-bond donors (Lipinski definition) is 0. The summed E-state index contributed by atoms with van der Waals surface area (Å²) in [4.78, 5) is 12.0. The van der Waals surface area contributed by atoms with Crippen molar-refractivity contribution < 1.29 is 22.7 Å². The quantitative estimate of drug-likeness (QED) is 0.626. The predicted molar refractivity (Wildman–Crippen MR) is 101 cm³/mol. The summed E-state index contributed by atoms with van der Waals surface area (Å²) in [7, 11) is -3.86. The third-order valence-electron chi connectivity index (χ3n) is 3.85. The molecule has 0 N–H and O–H groups in total. The van der Waals surface area contributed by atoms with Crippen LogP contribution in [-0.2, 0) is 19.6 Å². The Morgan fingerprint density at radius 2 is 1.69 bits per heavy atom. The van der Waals surface area contributed by atoms with Crippen molar-refractivity contribution in [1.82, 2.24) is 4.31 Å². The molecule has 2 aromatic rings. The van der Waals surface area contributed by atoms with E-state index >= 15 is 0 Å². The highest BCUT2D eigenvalue weighted by Crippen LogP contribution is 2.32. The van der Waals surface area contributed by atoms with Crippen LogP contribution in [0.15, 0.2) is 41.3 Å². The molecular weight excluding hydrogens is 354 g/mol. The SMILES string of the molecule is CCCN(CC(=O)OCC)S(=O)(=O)c1ccc(OCC)c2ccccc12. The molecule has 0 aliphatic rings. The molecule has 0 aliphatic heterocycles. The van der Waals surface area contributed by atoms with Crippen molar-refractivity contribution in [3.8, 4) is 5.75 Å². The van der Waals surface area contributed by atoms with E-state index in [1.54, 1.807) is 25.1 Å². The highest BCUT2D eigenvalue weighted by molar-refractivity contribution is 7.89. The van der Waals surface area contributed by atoms with Crippen LogP contribution in [-0.4, -0.2) is 45.0 Å². The molecule has 0 spiro atoms. The van der Waals surface area contributed by atoms with Crippen molar-refractivity contribution >= 4 is 26.8 Å². The van der Waals surface area contributed by atoms with Gasteiger partial charge in [-0.25, -0.2) is 8.42 Å². The molecule has 0 unspecified atom stereocenters. The number of hydrogen-bond acceptors (Lipinski definition) is 5. The smallest absolute Gasteiger partial charge is 0.321 e. The average Bonchev–Trinajstić information content (AvgIpc) is 2.62. The lowest BCUT2D eigenvalue weighted by Gasteiger charge is -2.22. The third-order valence-corrected chi connectivity index (χ3v) is 5.75. The van der Waals surface area contributed by atoms with Gasteiger partial charge in [0.25, 0.3) is 0 Å². The molecule has 2 rings (SSSR count). The Hall–Kier alpha value is -2.12. The number of rotatable bonds is 9. The zero-order valence-electron chi connectivity index (χ0n) is 15.4. The van der Waals surface area contributed by atoms with E-state index < -0.39 is 16.0 Å². The highest BCUT2D eigenvalue weighted by atomic mass is 32.2. The number of nitrogens with zero attached hydrogens (tertiary/aromatic N) is 1. The number of carbonyl (C=O) groups is 1. The number of ether oxygens (including phenoxy) is 2. The van der Waals surface area contributed by atoms with Crippen LogP contribution in [0.25, 0.3) is 10.8 Å². The summed E-state index contributed by atoms with van der Waals surface area (Å²) in [5.74, 6) is 0.0780. The van der Waals surface area contributed by atoms with E-state index in [4.69, 9.17) is 9.47 Å². The molecule has 0 saturated heterocycles. The van der Waals surface area contributed by atoms with Crippen molar-refractivity contribution in [2.75, 3.05) is 26.3 Å². The van der Waals surface area contributed by atoms with Crippen molar-refractivity contribution in [2.45, 2.75) is 32.1 Å². The number of sulfonamides is 1. The molecule has 142 valence electrons. The second kappa shape index (κ2) is 9.00. The summed E-state index contributed by atoms with van der Waals surface area (Å²) in [6.45, 7) is 6.07. The van der Waals surface area contributed by atoms with Gasteiger partial charge in [0.15, 0.2) is 0 Å². The molecule has 2 aromatic carbocycles. The number of fused-ring (bicyclic) bond motifs is 1. The largest absolute Gasteiger partial charge is 0.493 e.